The summed E-state index contributed by atoms with van der Waals surface area (Å²) in [7, 11) is 0. The summed E-state index contributed by atoms with van der Waals surface area (Å²) in [4.78, 5) is 13.0. The van der Waals surface area contributed by atoms with Gasteiger partial charge < -0.3 is 20.1 Å². The van der Waals surface area contributed by atoms with E-state index in [-0.39, 0.29) is 12.1 Å². The molecule has 23 heavy (non-hydrogen) atoms. The van der Waals surface area contributed by atoms with Gasteiger partial charge in [-0.2, -0.15) is 0 Å². The smallest absolute Gasteiger partial charge is 0.314 e. The van der Waals surface area contributed by atoms with Crippen molar-refractivity contribution < 1.29 is 14.3 Å². The second-order valence-corrected chi connectivity index (χ2v) is 7.64. The molecule has 1 aromatic heterocycles. The van der Waals surface area contributed by atoms with E-state index in [1.165, 1.54) is 4.88 Å². The first-order valence-electron chi connectivity index (χ1n) is 7.35. The van der Waals surface area contributed by atoms with Gasteiger partial charge in [-0.25, -0.2) is 4.79 Å². The van der Waals surface area contributed by atoms with Crippen molar-refractivity contribution in [1.82, 2.24) is 10.6 Å². The van der Waals surface area contributed by atoms with Gasteiger partial charge >= 0.3 is 6.03 Å². The summed E-state index contributed by atoms with van der Waals surface area (Å²) in [6, 6.07) is 11.4. The molecule has 3 rings (SSSR count). The second-order valence-electron chi connectivity index (χ2n) is 5.09. The molecule has 2 heterocycles. The van der Waals surface area contributed by atoms with Gasteiger partial charge in [0.15, 0.2) is 17.6 Å². The van der Waals surface area contributed by atoms with Gasteiger partial charge in [-0.1, -0.05) is 12.1 Å². The van der Waals surface area contributed by atoms with Crippen molar-refractivity contribution in [2.75, 3.05) is 19.7 Å². The molecular weight excluding hydrogens is 380 g/mol. The van der Waals surface area contributed by atoms with Crippen LogP contribution in [0.1, 0.15) is 4.88 Å². The molecular formula is C16H17BrN2O3S. The summed E-state index contributed by atoms with van der Waals surface area (Å²) in [6.45, 7) is 1.44. The van der Waals surface area contributed by atoms with Crippen molar-refractivity contribution in [1.29, 1.82) is 0 Å². The van der Waals surface area contributed by atoms with Gasteiger partial charge in [-0.15, -0.1) is 11.3 Å². The van der Waals surface area contributed by atoms with Gasteiger partial charge in [0.2, 0.25) is 0 Å². The number of hydrogen-bond acceptors (Lipinski definition) is 4. The topological polar surface area (TPSA) is 59.6 Å². The summed E-state index contributed by atoms with van der Waals surface area (Å²) >= 11 is 5.10. The molecule has 0 radical (unpaired) electrons. The molecule has 2 N–H and O–H groups in total. The van der Waals surface area contributed by atoms with Crippen LogP contribution in [0.15, 0.2) is 40.2 Å². The number of hydrogen-bond donors (Lipinski definition) is 2. The van der Waals surface area contributed by atoms with E-state index in [9.17, 15) is 4.79 Å². The molecule has 1 aromatic carbocycles. The number of ether oxygens (including phenoxy) is 2. The standard InChI is InChI=1S/C16H17BrN2O3S/c17-15-6-5-12(23-15)7-8-18-16(20)19-9-11-10-21-13-3-1-2-4-14(13)22-11/h1-6,11H,7-10H2,(H2,18,19,20). The average Bonchev–Trinajstić information content (AvgIpc) is 2.98. The fourth-order valence-electron chi connectivity index (χ4n) is 2.22. The lowest BCUT2D eigenvalue weighted by Crippen LogP contribution is -2.44. The highest BCUT2D eigenvalue weighted by Crippen LogP contribution is 2.30. The number of nitrogens with one attached hydrogen (secondary N) is 2. The Morgan fingerprint density at radius 1 is 1.22 bits per heavy atom. The van der Waals surface area contributed by atoms with E-state index >= 15 is 0 Å². The molecule has 5 nitrogen and oxygen atoms in total. The monoisotopic (exact) mass is 396 g/mol. The van der Waals surface area contributed by atoms with Crippen LogP contribution in [-0.4, -0.2) is 31.8 Å². The molecule has 0 bridgehead atoms. The molecule has 0 aliphatic carbocycles. The van der Waals surface area contributed by atoms with E-state index in [2.05, 4.69) is 32.6 Å². The first-order chi connectivity index (χ1) is 11.2. The van der Waals surface area contributed by atoms with E-state index < -0.39 is 0 Å². The van der Waals surface area contributed by atoms with Crippen LogP contribution in [0.3, 0.4) is 0 Å². The number of carbonyl (C=O) groups excluding carboxylic acids is 1. The Kier molecular flexibility index (Phi) is 5.40. The van der Waals surface area contributed by atoms with E-state index in [0.717, 1.165) is 16.0 Å². The van der Waals surface area contributed by atoms with Crippen molar-refractivity contribution in [3.8, 4) is 11.5 Å². The Labute approximate surface area is 147 Å². The zero-order valence-electron chi connectivity index (χ0n) is 12.4. The number of rotatable bonds is 5. The quantitative estimate of drug-likeness (QED) is 0.815. The molecule has 0 saturated carbocycles. The van der Waals surface area contributed by atoms with Crippen molar-refractivity contribution in [3.63, 3.8) is 0 Å². The fourth-order valence-corrected chi connectivity index (χ4v) is 3.70. The van der Waals surface area contributed by atoms with E-state index in [1.807, 2.05) is 30.3 Å². The minimum atomic E-state index is -0.192. The number of benzene rings is 1. The Morgan fingerprint density at radius 3 is 2.83 bits per heavy atom. The minimum Gasteiger partial charge on any atom is -0.486 e. The van der Waals surface area contributed by atoms with Gasteiger partial charge in [0.25, 0.3) is 0 Å². The summed E-state index contributed by atoms with van der Waals surface area (Å²) in [5.74, 6) is 1.46. The number of para-hydroxylation sites is 2. The average molecular weight is 397 g/mol. The van der Waals surface area contributed by atoms with E-state index in [0.29, 0.717) is 25.4 Å². The first-order valence-corrected chi connectivity index (χ1v) is 8.96. The van der Waals surface area contributed by atoms with Crippen LogP contribution in [0.25, 0.3) is 0 Å². The predicted molar refractivity (Wildman–Crippen MR) is 93.5 cm³/mol. The first kappa shape index (κ1) is 16.1. The third-order valence-corrected chi connectivity index (χ3v) is 5.03. The van der Waals surface area contributed by atoms with E-state index in [4.69, 9.17) is 9.47 Å². The fraction of sp³-hybridized carbons (Fsp3) is 0.312. The maximum atomic E-state index is 11.8. The number of amides is 2. The largest absolute Gasteiger partial charge is 0.486 e. The molecule has 1 atom stereocenters. The number of halogens is 1. The summed E-state index contributed by atoms with van der Waals surface area (Å²) in [6.07, 6.45) is 0.643. The minimum absolute atomic E-state index is 0.177. The number of urea groups is 1. The Hall–Kier alpha value is -1.73. The predicted octanol–water partition coefficient (Wildman–Crippen LogP) is 3.19. The van der Waals surface area contributed by atoms with Gasteiger partial charge in [-0.05, 0) is 46.6 Å². The Balaban J connectivity index is 1.36. The molecule has 7 heteroatoms. The van der Waals surface area contributed by atoms with Crippen molar-refractivity contribution in [2.45, 2.75) is 12.5 Å². The Morgan fingerprint density at radius 2 is 2.04 bits per heavy atom. The molecule has 1 aliphatic rings. The Bertz CT molecular complexity index is 677. The number of thiophene rings is 1. The lowest BCUT2D eigenvalue weighted by atomic mass is 10.2. The number of carbonyl (C=O) groups is 1. The molecule has 0 fully saturated rings. The van der Waals surface area contributed by atoms with Crippen LogP contribution in [-0.2, 0) is 6.42 Å². The number of fused-ring (bicyclic) bond motifs is 1. The lowest BCUT2D eigenvalue weighted by Gasteiger charge is -2.26. The highest BCUT2D eigenvalue weighted by atomic mass is 79.9. The third kappa shape index (κ3) is 4.62. The van der Waals surface area contributed by atoms with Gasteiger partial charge in [0, 0.05) is 11.4 Å². The molecule has 2 aromatic rings. The molecule has 1 aliphatic heterocycles. The van der Waals surface area contributed by atoms with E-state index in [1.54, 1.807) is 11.3 Å². The van der Waals surface area contributed by atoms with Crippen molar-refractivity contribution in [2.24, 2.45) is 0 Å². The highest BCUT2D eigenvalue weighted by Gasteiger charge is 2.20. The zero-order chi connectivity index (χ0) is 16.1. The highest BCUT2D eigenvalue weighted by molar-refractivity contribution is 9.11. The maximum Gasteiger partial charge on any atom is 0.314 e. The van der Waals surface area contributed by atoms with Gasteiger partial charge in [0.1, 0.15) is 6.61 Å². The van der Waals surface area contributed by atoms with Crippen LogP contribution in [0.4, 0.5) is 4.79 Å². The van der Waals surface area contributed by atoms with Crippen LogP contribution in [0, 0.1) is 0 Å². The molecule has 0 saturated heterocycles. The van der Waals surface area contributed by atoms with Crippen LogP contribution >= 0.6 is 27.3 Å². The van der Waals surface area contributed by atoms with Gasteiger partial charge in [-0.3, -0.25) is 0 Å². The third-order valence-electron chi connectivity index (χ3n) is 3.34. The van der Waals surface area contributed by atoms with Crippen molar-refractivity contribution in [3.05, 3.63) is 45.1 Å². The van der Waals surface area contributed by atoms with Crippen LogP contribution in [0.2, 0.25) is 0 Å². The lowest BCUT2D eigenvalue weighted by molar-refractivity contribution is 0.0918. The van der Waals surface area contributed by atoms with Crippen molar-refractivity contribution >= 4 is 33.3 Å². The van der Waals surface area contributed by atoms with Crippen LogP contribution < -0.4 is 20.1 Å². The van der Waals surface area contributed by atoms with Crippen LogP contribution in [0.5, 0.6) is 11.5 Å². The normalized spacial score (nSPS) is 16.0. The molecule has 2 amide bonds. The SMILES string of the molecule is O=C(NCCc1ccc(Br)s1)NCC1COc2ccccc2O1. The molecule has 0 spiro atoms. The maximum absolute atomic E-state index is 11.8. The summed E-state index contributed by atoms with van der Waals surface area (Å²) in [5.41, 5.74) is 0. The molecule has 1 unspecified atom stereocenters. The summed E-state index contributed by atoms with van der Waals surface area (Å²) in [5, 5.41) is 5.66. The van der Waals surface area contributed by atoms with Gasteiger partial charge in [0.05, 0.1) is 10.3 Å². The molecule has 122 valence electrons. The second kappa shape index (κ2) is 7.70. The summed E-state index contributed by atoms with van der Waals surface area (Å²) < 4.78 is 12.5. The zero-order valence-corrected chi connectivity index (χ0v) is 14.8.